The summed E-state index contributed by atoms with van der Waals surface area (Å²) in [4.78, 5) is 12.4. The van der Waals surface area contributed by atoms with Gasteiger partial charge >= 0.3 is 0 Å². The predicted molar refractivity (Wildman–Crippen MR) is 100 cm³/mol. The number of morpholine rings is 1. The Morgan fingerprint density at radius 2 is 2.04 bits per heavy atom. The van der Waals surface area contributed by atoms with Crippen molar-refractivity contribution in [3.63, 3.8) is 0 Å². The highest BCUT2D eigenvalue weighted by molar-refractivity contribution is 7.18. The van der Waals surface area contributed by atoms with Crippen LogP contribution in [0, 0.1) is 13.8 Å². The van der Waals surface area contributed by atoms with Crippen LogP contribution < -0.4 is 4.90 Å². The number of aryl methyl sites for hydroxylation is 1. The molecule has 0 aliphatic carbocycles. The quantitative estimate of drug-likeness (QED) is 0.731. The zero-order valence-electron chi connectivity index (χ0n) is 14.9. The summed E-state index contributed by atoms with van der Waals surface area (Å²) in [5.74, 6) is 0.858. The van der Waals surface area contributed by atoms with Crippen molar-refractivity contribution < 1.29 is 9.84 Å². The van der Waals surface area contributed by atoms with Gasteiger partial charge in [0.25, 0.3) is 0 Å². The maximum atomic E-state index is 9.23. The van der Waals surface area contributed by atoms with Gasteiger partial charge in [0.1, 0.15) is 0 Å². The van der Waals surface area contributed by atoms with Crippen LogP contribution in [-0.4, -0.2) is 62.3 Å². The Morgan fingerprint density at radius 1 is 1.23 bits per heavy atom. The number of hydrogen-bond acceptors (Lipinski definition) is 7. The molecule has 0 spiro atoms. The highest BCUT2D eigenvalue weighted by Crippen LogP contribution is 2.33. The minimum Gasteiger partial charge on any atom is -0.394 e. The molecule has 1 saturated heterocycles. The van der Waals surface area contributed by atoms with Crippen molar-refractivity contribution in [2.45, 2.75) is 20.4 Å². The maximum Gasteiger partial charge on any atom is 0.186 e. The number of aliphatic hydroxyl groups excluding tert-OH is 1. The molecule has 0 radical (unpaired) electrons. The highest BCUT2D eigenvalue weighted by atomic mass is 32.1. The first-order valence-electron chi connectivity index (χ1n) is 8.66. The molecule has 1 N–H and O–H groups in total. The molecule has 0 atom stereocenters. The molecule has 3 aromatic rings. The Balaban J connectivity index is 1.69. The van der Waals surface area contributed by atoms with Crippen LogP contribution in [0.15, 0.2) is 18.6 Å². The van der Waals surface area contributed by atoms with Gasteiger partial charge in [-0.3, -0.25) is 9.25 Å². The van der Waals surface area contributed by atoms with E-state index in [4.69, 9.17) is 4.74 Å². The van der Waals surface area contributed by atoms with E-state index in [1.54, 1.807) is 17.5 Å². The number of aliphatic hydroxyl groups is 1. The average Bonchev–Trinajstić information content (AvgIpc) is 3.36. The number of ether oxygens (including phenoxy) is 1. The van der Waals surface area contributed by atoms with Crippen LogP contribution in [0.1, 0.15) is 11.4 Å². The lowest BCUT2D eigenvalue weighted by Gasteiger charge is -2.25. The van der Waals surface area contributed by atoms with Gasteiger partial charge in [-0.25, -0.2) is 9.97 Å². The number of anilines is 1. The van der Waals surface area contributed by atoms with Gasteiger partial charge in [0.2, 0.25) is 0 Å². The van der Waals surface area contributed by atoms with Gasteiger partial charge in [-0.15, -0.1) is 0 Å². The average molecular weight is 374 g/mol. The Bertz CT molecular complexity index is 893. The largest absolute Gasteiger partial charge is 0.394 e. The molecule has 4 heterocycles. The van der Waals surface area contributed by atoms with Crippen molar-refractivity contribution in [2.24, 2.45) is 0 Å². The van der Waals surface area contributed by atoms with Crippen LogP contribution in [0.2, 0.25) is 0 Å². The first-order chi connectivity index (χ1) is 12.7. The molecule has 0 aromatic carbocycles. The number of rotatable bonds is 5. The van der Waals surface area contributed by atoms with E-state index < -0.39 is 0 Å². The summed E-state index contributed by atoms with van der Waals surface area (Å²) in [6, 6.07) is 0. The molecule has 138 valence electrons. The third-order valence-electron chi connectivity index (χ3n) is 4.53. The molecule has 4 rings (SSSR count). The first-order valence-corrected chi connectivity index (χ1v) is 9.48. The van der Waals surface area contributed by atoms with E-state index >= 15 is 0 Å². The van der Waals surface area contributed by atoms with Crippen LogP contribution in [0.3, 0.4) is 0 Å². The van der Waals surface area contributed by atoms with Crippen LogP contribution >= 0.6 is 11.3 Å². The van der Waals surface area contributed by atoms with E-state index in [1.807, 2.05) is 30.9 Å². The van der Waals surface area contributed by atoms with Crippen LogP contribution in [0.5, 0.6) is 0 Å². The number of thiazole rings is 1. The van der Waals surface area contributed by atoms with E-state index in [0.29, 0.717) is 6.54 Å². The first kappa shape index (κ1) is 17.2. The molecule has 26 heavy (non-hydrogen) atoms. The molecule has 0 bridgehead atoms. The van der Waals surface area contributed by atoms with Crippen molar-refractivity contribution in [1.82, 2.24) is 24.3 Å². The van der Waals surface area contributed by atoms with Gasteiger partial charge in [0, 0.05) is 25.5 Å². The molecule has 9 heteroatoms. The van der Waals surface area contributed by atoms with Gasteiger partial charge in [0.15, 0.2) is 11.0 Å². The van der Waals surface area contributed by atoms with Crippen molar-refractivity contribution in [2.75, 3.05) is 37.8 Å². The van der Waals surface area contributed by atoms with Crippen molar-refractivity contribution >= 4 is 16.5 Å². The second kappa shape index (κ2) is 7.18. The molecule has 0 unspecified atom stereocenters. The van der Waals surface area contributed by atoms with E-state index in [0.717, 1.165) is 59.2 Å². The lowest BCUT2D eigenvalue weighted by molar-refractivity contribution is 0.122. The summed E-state index contributed by atoms with van der Waals surface area (Å²) in [6.07, 6.45) is 5.63. The van der Waals surface area contributed by atoms with Gasteiger partial charge in [0.05, 0.1) is 54.5 Å². The predicted octanol–water partition coefficient (Wildman–Crippen LogP) is 1.64. The molecule has 0 saturated carbocycles. The fraction of sp³-hybridized carbons (Fsp3) is 0.471. The van der Waals surface area contributed by atoms with E-state index in [-0.39, 0.29) is 6.61 Å². The van der Waals surface area contributed by atoms with Crippen molar-refractivity contribution in [3.8, 4) is 16.4 Å². The second-order valence-corrected chi connectivity index (χ2v) is 7.20. The van der Waals surface area contributed by atoms with Gasteiger partial charge < -0.3 is 14.7 Å². The Kier molecular flexibility index (Phi) is 4.75. The lowest BCUT2D eigenvalue weighted by atomic mass is 10.3. The summed E-state index contributed by atoms with van der Waals surface area (Å²) in [5.41, 5.74) is 2.93. The van der Waals surface area contributed by atoms with Crippen LogP contribution in [0.25, 0.3) is 16.4 Å². The normalized spacial score (nSPS) is 15.0. The summed E-state index contributed by atoms with van der Waals surface area (Å²) in [7, 11) is 0. The fourth-order valence-corrected chi connectivity index (χ4v) is 4.25. The molecule has 1 fully saturated rings. The van der Waals surface area contributed by atoms with E-state index in [9.17, 15) is 5.11 Å². The zero-order valence-corrected chi connectivity index (χ0v) is 15.7. The molecule has 1 aliphatic rings. The number of hydrogen-bond donors (Lipinski definition) is 1. The number of nitrogens with zero attached hydrogens (tertiary/aromatic N) is 6. The fourth-order valence-electron chi connectivity index (χ4n) is 3.28. The summed E-state index contributed by atoms with van der Waals surface area (Å²) >= 11 is 1.64. The van der Waals surface area contributed by atoms with E-state index in [1.165, 1.54) is 0 Å². The molecular weight excluding hydrogens is 352 g/mol. The zero-order chi connectivity index (χ0) is 18.1. The Morgan fingerprint density at radius 3 is 2.81 bits per heavy atom. The van der Waals surface area contributed by atoms with Crippen LogP contribution in [-0.2, 0) is 11.3 Å². The smallest absolute Gasteiger partial charge is 0.186 e. The molecule has 1 aliphatic heterocycles. The lowest BCUT2D eigenvalue weighted by Crippen LogP contribution is -2.36. The Hall–Kier alpha value is -2.23. The van der Waals surface area contributed by atoms with Crippen molar-refractivity contribution in [3.05, 3.63) is 30.0 Å². The third kappa shape index (κ3) is 3.02. The van der Waals surface area contributed by atoms with Gasteiger partial charge in [-0.2, -0.15) is 5.10 Å². The standard InChI is InChI=1S/C17H22N6O2S/c1-12-15(13(2)23(20-12)5-8-24)22-4-3-18-16(22)14-11-19-17(26-14)21-6-9-25-10-7-21/h3-4,11,24H,5-10H2,1-2H3. The van der Waals surface area contributed by atoms with Gasteiger partial charge in [-0.05, 0) is 13.8 Å². The molecule has 8 nitrogen and oxygen atoms in total. The Labute approximate surface area is 155 Å². The molecular formula is C17H22N6O2S. The number of imidazole rings is 1. The monoisotopic (exact) mass is 374 g/mol. The van der Waals surface area contributed by atoms with Crippen molar-refractivity contribution in [1.29, 1.82) is 0 Å². The third-order valence-corrected chi connectivity index (χ3v) is 5.59. The molecule has 0 amide bonds. The van der Waals surface area contributed by atoms with Crippen LogP contribution in [0.4, 0.5) is 5.13 Å². The highest BCUT2D eigenvalue weighted by Gasteiger charge is 2.20. The molecule has 3 aromatic heterocycles. The minimum atomic E-state index is 0.0654. The van der Waals surface area contributed by atoms with Gasteiger partial charge in [-0.1, -0.05) is 11.3 Å². The maximum absolute atomic E-state index is 9.23. The number of aromatic nitrogens is 5. The van der Waals surface area contributed by atoms with E-state index in [2.05, 4.69) is 24.5 Å². The SMILES string of the molecule is Cc1nn(CCO)c(C)c1-n1ccnc1-c1cnc(N2CCOCC2)s1. The second-order valence-electron chi connectivity index (χ2n) is 6.19. The summed E-state index contributed by atoms with van der Waals surface area (Å²) in [6.45, 7) is 7.76. The summed E-state index contributed by atoms with van der Waals surface area (Å²) in [5, 5.41) is 14.8. The summed E-state index contributed by atoms with van der Waals surface area (Å²) < 4.78 is 9.31. The minimum absolute atomic E-state index is 0.0654. The topological polar surface area (TPSA) is 81.2 Å².